The lowest BCUT2D eigenvalue weighted by Gasteiger charge is -2.32. The van der Waals surface area contributed by atoms with Crippen molar-refractivity contribution in [3.05, 3.63) is 16.5 Å². The van der Waals surface area contributed by atoms with E-state index in [4.69, 9.17) is 9.47 Å². The van der Waals surface area contributed by atoms with Crippen LogP contribution in [0.15, 0.2) is 5.38 Å². The molecule has 140 valence electrons. The number of nitrogens with one attached hydrogen (secondary N) is 2. The van der Waals surface area contributed by atoms with Crippen LogP contribution in [0.2, 0.25) is 0 Å². The summed E-state index contributed by atoms with van der Waals surface area (Å²) in [6.45, 7) is 12.3. The molecule has 1 heterocycles. The maximum absolute atomic E-state index is 12.3. The van der Waals surface area contributed by atoms with E-state index in [-0.39, 0.29) is 6.61 Å². The van der Waals surface area contributed by atoms with E-state index in [0.29, 0.717) is 16.1 Å². The fraction of sp³-hybridized carbons (Fsp3) is 0.588. The summed E-state index contributed by atoms with van der Waals surface area (Å²) >= 11 is 1.19. The summed E-state index contributed by atoms with van der Waals surface area (Å²) in [6, 6.07) is -0.733. The summed E-state index contributed by atoms with van der Waals surface area (Å²) in [7, 11) is 0. The van der Waals surface area contributed by atoms with Gasteiger partial charge < -0.3 is 9.47 Å². The van der Waals surface area contributed by atoms with Gasteiger partial charge in [0, 0.05) is 0 Å². The van der Waals surface area contributed by atoms with E-state index >= 15 is 0 Å². The van der Waals surface area contributed by atoms with Crippen LogP contribution in [0, 0.1) is 6.92 Å². The maximum Gasteiger partial charge on any atom is 0.341 e. The molecule has 0 radical (unpaired) electrons. The molecule has 0 unspecified atom stereocenters. The number of hydrogen-bond acceptors (Lipinski definition) is 6. The number of esters is 1. The van der Waals surface area contributed by atoms with Crippen LogP contribution in [0.1, 0.15) is 57.5 Å². The molecule has 8 heteroatoms. The lowest BCUT2D eigenvalue weighted by atomic mass is 10.1. The molecule has 0 aliphatic heterocycles. The molecule has 3 amide bonds. The van der Waals surface area contributed by atoms with Crippen LogP contribution in [0.3, 0.4) is 0 Å². The Kier molecular flexibility index (Phi) is 6.73. The Bertz CT molecular complexity index is 658. The van der Waals surface area contributed by atoms with Crippen LogP contribution in [-0.2, 0) is 14.3 Å². The highest BCUT2D eigenvalue weighted by Crippen LogP contribution is 2.28. The fourth-order valence-electron chi connectivity index (χ4n) is 2.19. The van der Waals surface area contributed by atoms with Crippen LogP contribution in [0.25, 0.3) is 0 Å². The number of rotatable bonds is 5. The van der Waals surface area contributed by atoms with Gasteiger partial charge in [-0.1, -0.05) is 0 Å². The van der Waals surface area contributed by atoms with Crippen LogP contribution >= 0.6 is 11.3 Å². The minimum Gasteiger partial charge on any atom is -0.462 e. The first kappa shape index (κ1) is 21.1. The number of imide groups is 1. The van der Waals surface area contributed by atoms with Crippen molar-refractivity contribution in [2.45, 2.75) is 59.7 Å². The van der Waals surface area contributed by atoms with Gasteiger partial charge in [-0.3, -0.25) is 15.4 Å². The number of urea groups is 1. The van der Waals surface area contributed by atoms with Gasteiger partial charge in [-0.15, -0.1) is 11.3 Å². The Hall–Kier alpha value is -1.93. The van der Waals surface area contributed by atoms with Crippen LogP contribution < -0.4 is 10.6 Å². The van der Waals surface area contributed by atoms with Crippen molar-refractivity contribution in [2.75, 3.05) is 11.9 Å². The second-order valence-corrected chi connectivity index (χ2v) is 7.86. The average molecular weight is 370 g/mol. The molecule has 0 aromatic carbocycles. The van der Waals surface area contributed by atoms with Gasteiger partial charge in [0.25, 0.3) is 5.91 Å². The quantitative estimate of drug-likeness (QED) is 0.774. The summed E-state index contributed by atoms with van der Waals surface area (Å²) in [5.41, 5.74) is -0.745. The van der Waals surface area contributed by atoms with Crippen LogP contribution in [0.4, 0.5) is 9.80 Å². The number of aryl methyl sites for hydroxylation is 1. The first-order valence-corrected chi connectivity index (χ1v) is 8.83. The Morgan fingerprint density at radius 3 is 2.28 bits per heavy atom. The Balaban J connectivity index is 2.81. The molecule has 0 saturated heterocycles. The van der Waals surface area contributed by atoms with E-state index < -0.39 is 29.1 Å². The molecule has 1 aromatic heterocycles. The first-order valence-electron chi connectivity index (χ1n) is 7.95. The Morgan fingerprint density at radius 1 is 1.16 bits per heavy atom. The van der Waals surface area contributed by atoms with Gasteiger partial charge in [-0.05, 0) is 59.4 Å². The number of anilines is 1. The summed E-state index contributed by atoms with van der Waals surface area (Å²) in [5, 5.41) is 6.83. The van der Waals surface area contributed by atoms with Crippen molar-refractivity contribution in [3.63, 3.8) is 0 Å². The monoisotopic (exact) mass is 370 g/mol. The summed E-state index contributed by atoms with van der Waals surface area (Å²) in [6.07, 6.45) is 0. The third kappa shape index (κ3) is 6.13. The standard InChI is InChI=1S/C17H26N2O5S/c1-8-23-13(20)11-10(2)9-25-12(11)18-15(22)19-14(21)17(6,7)24-16(3,4)5/h9H,8H2,1-7H3,(H2,18,19,21,22). The lowest BCUT2D eigenvalue weighted by molar-refractivity contribution is -0.158. The molecular weight excluding hydrogens is 344 g/mol. The molecule has 0 fully saturated rings. The van der Waals surface area contributed by atoms with Gasteiger partial charge in [0.15, 0.2) is 0 Å². The molecule has 7 nitrogen and oxygen atoms in total. The highest BCUT2D eigenvalue weighted by Gasteiger charge is 2.34. The van der Waals surface area contributed by atoms with Gasteiger partial charge >= 0.3 is 12.0 Å². The molecule has 1 rings (SSSR count). The third-order valence-electron chi connectivity index (χ3n) is 3.02. The smallest absolute Gasteiger partial charge is 0.341 e. The maximum atomic E-state index is 12.3. The number of ether oxygens (including phenoxy) is 2. The minimum atomic E-state index is -1.19. The second kappa shape index (κ2) is 7.97. The Morgan fingerprint density at radius 2 is 1.76 bits per heavy atom. The normalized spacial score (nSPS) is 11.8. The molecule has 2 N–H and O–H groups in total. The van der Waals surface area contributed by atoms with Crippen LogP contribution in [-0.4, -0.2) is 35.7 Å². The highest BCUT2D eigenvalue weighted by molar-refractivity contribution is 7.15. The topological polar surface area (TPSA) is 93.7 Å². The van der Waals surface area contributed by atoms with Crippen molar-refractivity contribution < 1.29 is 23.9 Å². The van der Waals surface area contributed by atoms with Crippen molar-refractivity contribution in [1.82, 2.24) is 5.32 Å². The van der Waals surface area contributed by atoms with Gasteiger partial charge in [-0.25, -0.2) is 9.59 Å². The zero-order valence-electron chi connectivity index (χ0n) is 15.7. The molecular formula is C17H26N2O5S. The molecule has 0 atom stereocenters. The van der Waals surface area contributed by atoms with E-state index in [1.165, 1.54) is 11.3 Å². The molecule has 0 spiro atoms. The predicted molar refractivity (Wildman–Crippen MR) is 97.1 cm³/mol. The van der Waals surface area contributed by atoms with E-state index in [0.717, 1.165) is 0 Å². The van der Waals surface area contributed by atoms with Crippen molar-refractivity contribution in [3.8, 4) is 0 Å². The molecule has 1 aromatic rings. The minimum absolute atomic E-state index is 0.233. The molecule has 0 aliphatic rings. The van der Waals surface area contributed by atoms with Crippen molar-refractivity contribution in [1.29, 1.82) is 0 Å². The molecule has 0 saturated carbocycles. The average Bonchev–Trinajstić information content (AvgIpc) is 2.77. The summed E-state index contributed by atoms with van der Waals surface area (Å²) in [4.78, 5) is 36.4. The largest absolute Gasteiger partial charge is 0.462 e. The highest BCUT2D eigenvalue weighted by atomic mass is 32.1. The summed E-state index contributed by atoms with van der Waals surface area (Å²) < 4.78 is 10.7. The zero-order valence-corrected chi connectivity index (χ0v) is 16.6. The zero-order chi connectivity index (χ0) is 19.4. The van der Waals surface area contributed by atoms with E-state index in [1.54, 1.807) is 33.1 Å². The van der Waals surface area contributed by atoms with Gasteiger partial charge in [0.05, 0.1) is 17.8 Å². The van der Waals surface area contributed by atoms with E-state index in [1.807, 2.05) is 20.8 Å². The molecule has 0 bridgehead atoms. The molecule has 0 aliphatic carbocycles. The van der Waals surface area contributed by atoms with Crippen LogP contribution in [0.5, 0.6) is 0 Å². The van der Waals surface area contributed by atoms with E-state index in [2.05, 4.69) is 10.6 Å². The fourth-order valence-corrected chi connectivity index (χ4v) is 3.12. The van der Waals surface area contributed by atoms with Crippen molar-refractivity contribution >= 4 is 34.2 Å². The number of thiophene rings is 1. The van der Waals surface area contributed by atoms with Gasteiger partial charge in [0.2, 0.25) is 0 Å². The first-order chi connectivity index (χ1) is 11.4. The van der Waals surface area contributed by atoms with E-state index in [9.17, 15) is 14.4 Å². The second-order valence-electron chi connectivity index (χ2n) is 6.98. The Labute approximate surface area is 152 Å². The summed E-state index contributed by atoms with van der Waals surface area (Å²) in [5.74, 6) is -1.09. The third-order valence-corrected chi connectivity index (χ3v) is 4.03. The van der Waals surface area contributed by atoms with Gasteiger partial charge in [0.1, 0.15) is 10.6 Å². The SMILES string of the molecule is CCOC(=O)c1c(C)csc1NC(=O)NC(=O)C(C)(C)OC(C)(C)C. The number of amides is 3. The number of carbonyl (C=O) groups excluding carboxylic acids is 3. The van der Waals surface area contributed by atoms with Crippen molar-refractivity contribution in [2.24, 2.45) is 0 Å². The lowest BCUT2D eigenvalue weighted by Crippen LogP contribution is -2.50. The number of carbonyl (C=O) groups is 3. The predicted octanol–water partition coefficient (Wildman–Crippen LogP) is 3.48. The van der Waals surface area contributed by atoms with Gasteiger partial charge in [-0.2, -0.15) is 0 Å². The number of hydrogen-bond donors (Lipinski definition) is 2. The molecule has 25 heavy (non-hydrogen) atoms.